The van der Waals surface area contributed by atoms with Crippen LogP contribution in [-0.4, -0.2) is 29.4 Å². The highest BCUT2D eigenvalue weighted by Gasteiger charge is 2.37. The Morgan fingerprint density at radius 3 is 2.85 bits per heavy atom. The predicted molar refractivity (Wildman–Crippen MR) is 49.8 cm³/mol. The summed E-state index contributed by atoms with van der Waals surface area (Å²) in [7, 11) is 0. The molecule has 0 aromatic rings. The number of amides is 2. The van der Waals surface area contributed by atoms with Gasteiger partial charge < -0.3 is 4.90 Å². The molecule has 4 heteroatoms. The third-order valence-electron chi connectivity index (χ3n) is 2.75. The second kappa shape index (κ2) is 3.01. The van der Waals surface area contributed by atoms with E-state index in [1.165, 1.54) is 12.8 Å². The zero-order valence-corrected chi connectivity index (χ0v) is 7.84. The number of amidine groups is 1. The fourth-order valence-corrected chi connectivity index (χ4v) is 1.78. The average Bonchev–Trinajstić information content (AvgIpc) is 2.82. The molecule has 13 heavy (non-hydrogen) atoms. The normalized spacial score (nSPS) is 28.1. The van der Waals surface area contributed by atoms with Crippen LogP contribution in [0.5, 0.6) is 0 Å². The van der Waals surface area contributed by atoms with E-state index in [-0.39, 0.29) is 12.1 Å². The molecule has 0 aromatic carbocycles. The monoisotopic (exact) mass is 181 g/mol. The van der Waals surface area contributed by atoms with Crippen molar-refractivity contribution in [3.05, 3.63) is 0 Å². The van der Waals surface area contributed by atoms with E-state index in [9.17, 15) is 4.79 Å². The molecular weight excluding hydrogens is 166 g/mol. The van der Waals surface area contributed by atoms with E-state index in [0.717, 1.165) is 13.0 Å². The summed E-state index contributed by atoms with van der Waals surface area (Å²) in [5, 5.41) is 10.1. The Bertz CT molecular complexity index is 247. The first-order valence-corrected chi connectivity index (χ1v) is 4.88. The first kappa shape index (κ1) is 8.53. The number of hydrogen-bond acceptors (Lipinski definition) is 2. The van der Waals surface area contributed by atoms with Gasteiger partial charge in [0.05, 0.1) is 6.04 Å². The molecule has 1 heterocycles. The Balaban J connectivity index is 2.03. The van der Waals surface area contributed by atoms with Crippen molar-refractivity contribution in [3.63, 3.8) is 0 Å². The van der Waals surface area contributed by atoms with E-state index in [1.54, 1.807) is 4.90 Å². The first-order valence-electron chi connectivity index (χ1n) is 4.88. The zero-order chi connectivity index (χ0) is 9.42. The molecule has 1 aliphatic carbocycles. The van der Waals surface area contributed by atoms with Gasteiger partial charge in [-0.05, 0) is 25.2 Å². The molecule has 2 aliphatic rings. The third-order valence-corrected chi connectivity index (χ3v) is 2.75. The molecule has 2 amide bonds. The maximum absolute atomic E-state index is 11.4. The van der Waals surface area contributed by atoms with Crippen molar-refractivity contribution in [1.82, 2.24) is 10.2 Å². The van der Waals surface area contributed by atoms with Gasteiger partial charge in [0, 0.05) is 6.54 Å². The van der Waals surface area contributed by atoms with Gasteiger partial charge in [-0.25, -0.2) is 4.79 Å². The van der Waals surface area contributed by atoms with Crippen LogP contribution in [0.2, 0.25) is 0 Å². The Labute approximate surface area is 77.8 Å². The Hall–Kier alpha value is -1.06. The summed E-state index contributed by atoms with van der Waals surface area (Å²) in [5.41, 5.74) is 0. The van der Waals surface area contributed by atoms with E-state index < -0.39 is 0 Å². The lowest BCUT2D eigenvalue weighted by Crippen LogP contribution is -2.36. The van der Waals surface area contributed by atoms with Crippen molar-refractivity contribution < 1.29 is 4.79 Å². The molecule has 1 atom stereocenters. The molecule has 0 aromatic heterocycles. The van der Waals surface area contributed by atoms with Gasteiger partial charge in [-0.1, -0.05) is 6.92 Å². The zero-order valence-electron chi connectivity index (χ0n) is 7.84. The number of nitrogens with one attached hydrogen (secondary N) is 2. The van der Waals surface area contributed by atoms with Gasteiger partial charge in [0.15, 0.2) is 0 Å². The second-order valence-corrected chi connectivity index (χ2v) is 3.86. The summed E-state index contributed by atoms with van der Waals surface area (Å²) in [6.45, 7) is 2.85. The van der Waals surface area contributed by atoms with Crippen molar-refractivity contribution in [2.75, 3.05) is 6.54 Å². The molecular formula is C9H15N3O. The molecule has 1 saturated carbocycles. The molecule has 1 saturated heterocycles. The van der Waals surface area contributed by atoms with Crippen LogP contribution >= 0.6 is 0 Å². The van der Waals surface area contributed by atoms with Gasteiger partial charge >= 0.3 is 6.03 Å². The van der Waals surface area contributed by atoms with Gasteiger partial charge in [-0.2, -0.15) is 0 Å². The maximum Gasteiger partial charge on any atom is 0.323 e. The molecule has 4 nitrogen and oxygen atoms in total. The van der Waals surface area contributed by atoms with Crippen LogP contribution in [0.3, 0.4) is 0 Å². The lowest BCUT2D eigenvalue weighted by molar-refractivity contribution is 0.202. The van der Waals surface area contributed by atoms with Crippen LogP contribution in [0.4, 0.5) is 4.79 Å². The number of nitrogens with zero attached hydrogens (tertiary/aromatic N) is 1. The van der Waals surface area contributed by atoms with Crippen LogP contribution in [0.25, 0.3) is 0 Å². The average molecular weight is 181 g/mol. The SMILES string of the molecule is CCC1C(=N)NC(=O)N1CC1CC1. The van der Waals surface area contributed by atoms with Crippen LogP contribution in [0.1, 0.15) is 26.2 Å². The Morgan fingerprint density at radius 1 is 1.62 bits per heavy atom. The third kappa shape index (κ3) is 1.53. The van der Waals surface area contributed by atoms with Gasteiger partial charge in [0.1, 0.15) is 5.84 Å². The smallest absolute Gasteiger partial charge is 0.314 e. The maximum atomic E-state index is 11.4. The van der Waals surface area contributed by atoms with Gasteiger partial charge in [-0.15, -0.1) is 0 Å². The molecule has 2 N–H and O–H groups in total. The Kier molecular flexibility index (Phi) is 1.98. The molecule has 0 bridgehead atoms. The molecule has 2 fully saturated rings. The van der Waals surface area contributed by atoms with E-state index >= 15 is 0 Å². The lowest BCUT2D eigenvalue weighted by Gasteiger charge is -2.20. The quantitative estimate of drug-likeness (QED) is 0.674. The first-order chi connectivity index (χ1) is 6.22. The molecule has 0 spiro atoms. The summed E-state index contributed by atoms with van der Waals surface area (Å²) >= 11 is 0. The van der Waals surface area contributed by atoms with Crippen LogP contribution in [0, 0.1) is 11.3 Å². The fraction of sp³-hybridized carbons (Fsp3) is 0.778. The highest BCUT2D eigenvalue weighted by atomic mass is 16.2. The van der Waals surface area contributed by atoms with Crippen LogP contribution < -0.4 is 5.32 Å². The number of rotatable bonds is 3. The standard InChI is InChI=1S/C9H15N3O/c1-2-7-8(10)11-9(13)12(7)5-6-3-4-6/h6-7H,2-5H2,1H3,(H2,10,11,13). The van der Waals surface area contributed by atoms with Gasteiger partial charge in [-0.3, -0.25) is 10.7 Å². The second-order valence-electron chi connectivity index (χ2n) is 3.86. The summed E-state index contributed by atoms with van der Waals surface area (Å²) in [5.74, 6) is 1.07. The minimum absolute atomic E-state index is 0.00750. The van der Waals surface area contributed by atoms with E-state index in [2.05, 4.69) is 5.32 Å². The topological polar surface area (TPSA) is 56.2 Å². The lowest BCUT2D eigenvalue weighted by atomic mass is 10.2. The van der Waals surface area contributed by atoms with Crippen molar-refractivity contribution in [2.45, 2.75) is 32.2 Å². The Morgan fingerprint density at radius 2 is 2.31 bits per heavy atom. The molecule has 2 rings (SSSR count). The minimum atomic E-state index is -0.0799. The highest BCUT2D eigenvalue weighted by Crippen LogP contribution is 2.31. The van der Waals surface area contributed by atoms with E-state index in [4.69, 9.17) is 5.41 Å². The van der Waals surface area contributed by atoms with Crippen LogP contribution in [0.15, 0.2) is 0 Å². The molecule has 1 unspecified atom stereocenters. The molecule has 72 valence electrons. The largest absolute Gasteiger partial charge is 0.323 e. The van der Waals surface area contributed by atoms with Crippen molar-refractivity contribution in [1.29, 1.82) is 5.41 Å². The van der Waals surface area contributed by atoms with Gasteiger partial charge in [0.2, 0.25) is 0 Å². The summed E-state index contributed by atoms with van der Waals surface area (Å²) in [4.78, 5) is 13.2. The van der Waals surface area contributed by atoms with E-state index in [1.807, 2.05) is 6.92 Å². The molecule has 0 radical (unpaired) electrons. The van der Waals surface area contributed by atoms with Crippen molar-refractivity contribution in [2.24, 2.45) is 5.92 Å². The van der Waals surface area contributed by atoms with E-state index in [0.29, 0.717) is 11.8 Å². The summed E-state index contributed by atoms with van der Waals surface area (Å²) in [6, 6.07) is -0.0724. The predicted octanol–water partition coefficient (Wildman–Crippen LogP) is 1.18. The van der Waals surface area contributed by atoms with Crippen molar-refractivity contribution >= 4 is 11.9 Å². The number of urea groups is 1. The molecule has 1 aliphatic heterocycles. The fourth-order valence-electron chi connectivity index (χ4n) is 1.78. The number of carbonyl (C=O) groups excluding carboxylic acids is 1. The van der Waals surface area contributed by atoms with Crippen molar-refractivity contribution in [3.8, 4) is 0 Å². The van der Waals surface area contributed by atoms with Gasteiger partial charge in [0.25, 0.3) is 0 Å². The summed E-state index contributed by atoms with van der Waals surface area (Å²) in [6.07, 6.45) is 3.32. The summed E-state index contributed by atoms with van der Waals surface area (Å²) < 4.78 is 0. The number of carbonyl (C=O) groups is 1. The highest BCUT2D eigenvalue weighted by molar-refractivity contribution is 6.05. The number of hydrogen-bond donors (Lipinski definition) is 2. The minimum Gasteiger partial charge on any atom is -0.314 e. The van der Waals surface area contributed by atoms with Crippen LogP contribution in [-0.2, 0) is 0 Å².